The number of aromatic nitrogens is 1. The third-order valence-corrected chi connectivity index (χ3v) is 6.04. The quantitative estimate of drug-likeness (QED) is 0.612. The number of hydrogen-bond acceptors (Lipinski definition) is 3. The Kier molecular flexibility index (Phi) is 5.84. The lowest BCUT2D eigenvalue weighted by Gasteiger charge is -2.12. The maximum Gasteiger partial charge on any atom is 0.263 e. The molecule has 146 valence electrons. The van der Waals surface area contributed by atoms with E-state index in [1.54, 1.807) is 18.2 Å². The summed E-state index contributed by atoms with van der Waals surface area (Å²) in [7, 11) is -3.69. The highest BCUT2D eigenvalue weighted by Crippen LogP contribution is 2.26. The fourth-order valence-corrected chi connectivity index (χ4v) is 4.46. The molecule has 3 aromatic rings. The standard InChI is InChI=1S/C23H26N2O2S/c1-16(2)14-19-8-10-20(11-9-19)21-12-13-22(17(3)15-21)28(26,27)25-23-7-5-6-18(4)24-23/h5-13,15-16H,14H2,1-4H3,(H,24,25). The van der Waals surface area contributed by atoms with E-state index in [0.717, 1.165) is 23.2 Å². The molecule has 1 heterocycles. The van der Waals surface area contributed by atoms with Crippen molar-refractivity contribution in [2.75, 3.05) is 4.72 Å². The van der Waals surface area contributed by atoms with Crippen LogP contribution < -0.4 is 4.72 Å². The lowest BCUT2D eigenvalue weighted by molar-refractivity contribution is 0.600. The Labute approximate surface area is 167 Å². The maximum atomic E-state index is 12.8. The van der Waals surface area contributed by atoms with E-state index in [1.165, 1.54) is 5.56 Å². The second-order valence-corrected chi connectivity index (χ2v) is 9.20. The van der Waals surface area contributed by atoms with Crippen molar-refractivity contribution in [2.45, 2.75) is 39.0 Å². The van der Waals surface area contributed by atoms with Crippen LogP contribution in [-0.4, -0.2) is 13.4 Å². The molecule has 1 aromatic heterocycles. The first-order chi connectivity index (χ1) is 13.2. The molecule has 0 aliphatic carbocycles. The number of hydrogen-bond donors (Lipinski definition) is 1. The molecule has 0 radical (unpaired) electrons. The Morgan fingerprint density at radius 1 is 0.929 bits per heavy atom. The first-order valence-corrected chi connectivity index (χ1v) is 10.9. The van der Waals surface area contributed by atoms with E-state index in [4.69, 9.17) is 0 Å². The molecule has 0 bridgehead atoms. The van der Waals surface area contributed by atoms with Crippen molar-refractivity contribution in [3.05, 3.63) is 77.5 Å². The summed E-state index contributed by atoms with van der Waals surface area (Å²) in [5.41, 5.74) is 4.84. The van der Waals surface area contributed by atoms with Crippen molar-refractivity contribution in [2.24, 2.45) is 5.92 Å². The molecule has 0 saturated carbocycles. The van der Waals surface area contributed by atoms with Crippen LogP contribution in [0.25, 0.3) is 11.1 Å². The van der Waals surface area contributed by atoms with Gasteiger partial charge in [-0.2, -0.15) is 0 Å². The van der Waals surface area contributed by atoms with Crippen molar-refractivity contribution in [3.63, 3.8) is 0 Å². The minimum absolute atomic E-state index is 0.260. The molecule has 0 fully saturated rings. The second kappa shape index (κ2) is 8.15. The van der Waals surface area contributed by atoms with Crippen molar-refractivity contribution in [3.8, 4) is 11.1 Å². The number of nitrogens with one attached hydrogen (secondary N) is 1. The topological polar surface area (TPSA) is 59.1 Å². The molecule has 3 rings (SSSR count). The smallest absolute Gasteiger partial charge is 0.263 e. The second-order valence-electron chi connectivity index (χ2n) is 7.54. The molecule has 0 unspecified atom stereocenters. The molecule has 0 saturated heterocycles. The first kappa shape index (κ1) is 20.1. The highest BCUT2D eigenvalue weighted by atomic mass is 32.2. The zero-order valence-electron chi connectivity index (χ0n) is 16.7. The van der Waals surface area contributed by atoms with Gasteiger partial charge in [0.2, 0.25) is 0 Å². The minimum Gasteiger partial charge on any atom is -0.263 e. The van der Waals surface area contributed by atoms with E-state index >= 15 is 0 Å². The predicted octanol–water partition coefficient (Wildman–Crippen LogP) is 5.36. The van der Waals surface area contributed by atoms with Crippen LogP contribution in [0.3, 0.4) is 0 Å². The number of anilines is 1. The molecule has 2 aromatic carbocycles. The zero-order chi connectivity index (χ0) is 20.3. The van der Waals surface area contributed by atoms with Gasteiger partial charge < -0.3 is 0 Å². The molecule has 1 N–H and O–H groups in total. The van der Waals surface area contributed by atoms with Crippen LogP contribution in [0.2, 0.25) is 0 Å². The average molecular weight is 395 g/mol. The van der Waals surface area contributed by atoms with Gasteiger partial charge in [0.1, 0.15) is 5.82 Å². The Morgan fingerprint density at radius 3 is 2.21 bits per heavy atom. The molecular weight excluding hydrogens is 368 g/mol. The molecule has 0 aliphatic rings. The van der Waals surface area contributed by atoms with Crippen LogP contribution in [0.1, 0.15) is 30.7 Å². The molecule has 0 spiro atoms. The normalized spacial score (nSPS) is 11.6. The first-order valence-electron chi connectivity index (χ1n) is 9.41. The van der Waals surface area contributed by atoms with E-state index in [9.17, 15) is 8.42 Å². The molecule has 0 atom stereocenters. The summed E-state index contributed by atoms with van der Waals surface area (Å²) in [4.78, 5) is 4.48. The van der Waals surface area contributed by atoms with Crippen molar-refractivity contribution < 1.29 is 8.42 Å². The summed E-state index contributed by atoms with van der Waals surface area (Å²) in [5, 5.41) is 0. The van der Waals surface area contributed by atoms with Gasteiger partial charge in [0.15, 0.2) is 0 Å². The van der Waals surface area contributed by atoms with Gasteiger partial charge in [-0.3, -0.25) is 4.72 Å². The maximum absolute atomic E-state index is 12.8. The highest BCUT2D eigenvalue weighted by Gasteiger charge is 2.18. The van der Waals surface area contributed by atoms with Gasteiger partial charge in [0.25, 0.3) is 10.0 Å². The average Bonchev–Trinajstić information content (AvgIpc) is 2.61. The summed E-state index contributed by atoms with van der Waals surface area (Å²) in [5.74, 6) is 0.942. The number of pyridine rings is 1. The van der Waals surface area contributed by atoms with Crippen LogP contribution in [0.4, 0.5) is 5.82 Å². The number of sulfonamides is 1. The fraction of sp³-hybridized carbons (Fsp3) is 0.261. The Hall–Kier alpha value is -2.66. The van der Waals surface area contributed by atoms with Crippen molar-refractivity contribution in [1.82, 2.24) is 4.98 Å². The molecule has 4 nitrogen and oxygen atoms in total. The van der Waals surface area contributed by atoms with E-state index < -0.39 is 10.0 Å². The summed E-state index contributed by atoms with van der Waals surface area (Å²) < 4.78 is 28.1. The van der Waals surface area contributed by atoms with Crippen molar-refractivity contribution in [1.29, 1.82) is 0 Å². The Balaban J connectivity index is 1.85. The van der Waals surface area contributed by atoms with E-state index in [2.05, 4.69) is 47.8 Å². The minimum atomic E-state index is -3.69. The summed E-state index contributed by atoms with van der Waals surface area (Å²) in [6, 6.07) is 19.1. The van der Waals surface area contributed by atoms with Crippen LogP contribution in [0.5, 0.6) is 0 Å². The van der Waals surface area contributed by atoms with Crippen molar-refractivity contribution >= 4 is 15.8 Å². The zero-order valence-corrected chi connectivity index (χ0v) is 17.5. The molecular formula is C23H26N2O2S. The summed E-state index contributed by atoms with van der Waals surface area (Å²) >= 11 is 0. The molecule has 28 heavy (non-hydrogen) atoms. The van der Waals surface area contributed by atoms with Gasteiger partial charge in [-0.25, -0.2) is 13.4 Å². The molecule has 5 heteroatoms. The van der Waals surface area contributed by atoms with E-state index in [1.807, 2.05) is 32.0 Å². The van der Waals surface area contributed by atoms with Crippen LogP contribution in [0, 0.1) is 19.8 Å². The molecule has 0 amide bonds. The number of rotatable bonds is 6. The van der Waals surface area contributed by atoms with E-state index in [-0.39, 0.29) is 4.90 Å². The van der Waals surface area contributed by atoms with Gasteiger partial charge in [0, 0.05) is 5.69 Å². The predicted molar refractivity (Wildman–Crippen MR) is 115 cm³/mol. The summed E-state index contributed by atoms with van der Waals surface area (Å²) in [6.07, 6.45) is 1.05. The lowest BCUT2D eigenvalue weighted by atomic mass is 9.98. The van der Waals surface area contributed by atoms with Crippen LogP contribution in [-0.2, 0) is 16.4 Å². The number of nitrogens with zero attached hydrogens (tertiary/aromatic N) is 1. The van der Waals surface area contributed by atoms with Gasteiger partial charge in [-0.1, -0.05) is 56.3 Å². The van der Waals surface area contributed by atoms with E-state index in [0.29, 0.717) is 17.3 Å². The number of aryl methyl sites for hydroxylation is 2. The van der Waals surface area contributed by atoms with Crippen LogP contribution in [0.15, 0.2) is 65.6 Å². The summed E-state index contributed by atoms with van der Waals surface area (Å²) in [6.45, 7) is 8.05. The van der Waals surface area contributed by atoms with Crippen LogP contribution >= 0.6 is 0 Å². The largest absolute Gasteiger partial charge is 0.263 e. The monoisotopic (exact) mass is 394 g/mol. The Morgan fingerprint density at radius 2 is 1.61 bits per heavy atom. The van der Waals surface area contributed by atoms with Gasteiger partial charge in [0.05, 0.1) is 4.90 Å². The number of benzene rings is 2. The van der Waals surface area contributed by atoms with Gasteiger partial charge >= 0.3 is 0 Å². The fourth-order valence-electron chi connectivity index (χ4n) is 3.23. The molecule has 0 aliphatic heterocycles. The third kappa shape index (κ3) is 4.78. The Bertz CT molecular complexity index is 1070. The third-order valence-electron chi connectivity index (χ3n) is 4.52. The van der Waals surface area contributed by atoms with Gasteiger partial charge in [-0.05, 0) is 66.6 Å². The lowest BCUT2D eigenvalue weighted by Crippen LogP contribution is -2.15. The van der Waals surface area contributed by atoms with Gasteiger partial charge in [-0.15, -0.1) is 0 Å². The highest BCUT2D eigenvalue weighted by molar-refractivity contribution is 7.92. The SMILES string of the molecule is Cc1cccc(NS(=O)(=O)c2ccc(-c3ccc(CC(C)C)cc3)cc2C)n1.